The SMILES string of the molecule is CC(c1noc(N)c1-c1ccc(F)cc1)C1CC1. The van der Waals surface area contributed by atoms with Crippen molar-refractivity contribution < 1.29 is 8.91 Å². The standard InChI is InChI=1S/C14H15FN2O/c1-8(9-2-3-9)13-12(14(16)18-17-13)10-4-6-11(15)7-5-10/h4-9H,2-3,16H2,1H3. The zero-order valence-electron chi connectivity index (χ0n) is 10.2. The van der Waals surface area contributed by atoms with Crippen molar-refractivity contribution in [1.29, 1.82) is 0 Å². The van der Waals surface area contributed by atoms with Gasteiger partial charge >= 0.3 is 0 Å². The predicted molar refractivity (Wildman–Crippen MR) is 67.4 cm³/mol. The van der Waals surface area contributed by atoms with Crippen molar-refractivity contribution in [3.63, 3.8) is 0 Å². The number of rotatable bonds is 3. The van der Waals surface area contributed by atoms with Crippen LogP contribution in [0.25, 0.3) is 11.1 Å². The molecule has 1 aromatic carbocycles. The summed E-state index contributed by atoms with van der Waals surface area (Å²) in [5, 5.41) is 4.08. The molecular formula is C14H15FN2O. The maximum atomic E-state index is 13.0. The van der Waals surface area contributed by atoms with E-state index >= 15 is 0 Å². The van der Waals surface area contributed by atoms with Gasteiger partial charge in [-0.15, -0.1) is 0 Å². The Morgan fingerprint density at radius 1 is 1.33 bits per heavy atom. The van der Waals surface area contributed by atoms with E-state index in [9.17, 15) is 4.39 Å². The summed E-state index contributed by atoms with van der Waals surface area (Å²) in [4.78, 5) is 0. The van der Waals surface area contributed by atoms with E-state index in [-0.39, 0.29) is 5.82 Å². The number of anilines is 1. The van der Waals surface area contributed by atoms with Crippen molar-refractivity contribution in [3.8, 4) is 11.1 Å². The maximum absolute atomic E-state index is 13.0. The molecule has 3 rings (SSSR count). The molecule has 0 saturated heterocycles. The molecule has 0 aliphatic heterocycles. The molecule has 0 bridgehead atoms. The minimum atomic E-state index is -0.259. The smallest absolute Gasteiger partial charge is 0.230 e. The Morgan fingerprint density at radius 2 is 2.00 bits per heavy atom. The van der Waals surface area contributed by atoms with E-state index in [1.165, 1.54) is 25.0 Å². The van der Waals surface area contributed by atoms with Gasteiger partial charge in [-0.05, 0) is 36.5 Å². The first-order chi connectivity index (χ1) is 8.66. The maximum Gasteiger partial charge on any atom is 0.230 e. The van der Waals surface area contributed by atoms with Crippen LogP contribution < -0.4 is 5.73 Å². The Labute approximate surface area is 105 Å². The van der Waals surface area contributed by atoms with Crippen LogP contribution >= 0.6 is 0 Å². The minimum Gasteiger partial charge on any atom is -0.367 e. The monoisotopic (exact) mass is 246 g/mol. The Balaban J connectivity index is 2.04. The average molecular weight is 246 g/mol. The lowest BCUT2D eigenvalue weighted by Crippen LogP contribution is -1.99. The molecule has 1 atom stereocenters. The predicted octanol–water partition coefficient (Wildman–Crippen LogP) is 3.58. The summed E-state index contributed by atoms with van der Waals surface area (Å²) in [5.41, 5.74) is 8.41. The van der Waals surface area contributed by atoms with Crippen molar-refractivity contribution in [3.05, 3.63) is 35.8 Å². The van der Waals surface area contributed by atoms with Crippen molar-refractivity contribution >= 4 is 5.88 Å². The van der Waals surface area contributed by atoms with Gasteiger partial charge < -0.3 is 10.3 Å². The van der Waals surface area contributed by atoms with Crippen molar-refractivity contribution in [1.82, 2.24) is 5.16 Å². The molecule has 1 saturated carbocycles. The summed E-state index contributed by atoms with van der Waals surface area (Å²) in [6.45, 7) is 2.14. The van der Waals surface area contributed by atoms with Crippen LogP contribution in [0.5, 0.6) is 0 Å². The first kappa shape index (κ1) is 11.3. The fraction of sp³-hybridized carbons (Fsp3) is 0.357. The topological polar surface area (TPSA) is 52.0 Å². The normalized spacial score (nSPS) is 16.8. The van der Waals surface area contributed by atoms with E-state index < -0.39 is 0 Å². The van der Waals surface area contributed by atoms with Crippen LogP contribution in [-0.2, 0) is 0 Å². The van der Waals surface area contributed by atoms with Crippen LogP contribution in [0.15, 0.2) is 28.8 Å². The molecule has 18 heavy (non-hydrogen) atoms. The second kappa shape index (κ2) is 4.12. The molecule has 0 radical (unpaired) electrons. The van der Waals surface area contributed by atoms with Crippen LogP contribution in [0.1, 0.15) is 31.4 Å². The number of nitrogens with two attached hydrogens (primary N) is 1. The fourth-order valence-corrected chi connectivity index (χ4v) is 2.35. The quantitative estimate of drug-likeness (QED) is 0.900. The van der Waals surface area contributed by atoms with Gasteiger partial charge in [0.25, 0.3) is 0 Å². The molecule has 0 spiro atoms. The van der Waals surface area contributed by atoms with Crippen molar-refractivity contribution in [2.45, 2.75) is 25.7 Å². The Morgan fingerprint density at radius 3 is 2.61 bits per heavy atom. The molecule has 4 heteroatoms. The molecule has 94 valence electrons. The van der Waals surface area contributed by atoms with E-state index in [0.29, 0.717) is 17.7 Å². The van der Waals surface area contributed by atoms with Gasteiger partial charge in [0.2, 0.25) is 5.88 Å². The summed E-state index contributed by atoms with van der Waals surface area (Å²) >= 11 is 0. The zero-order valence-corrected chi connectivity index (χ0v) is 10.2. The Bertz CT molecular complexity index is 558. The second-order valence-corrected chi connectivity index (χ2v) is 4.94. The third-order valence-electron chi connectivity index (χ3n) is 3.64. The van der Waals surface area contributed by atoms with E-state index in [0.717, 1.165) is 16.8 Å². The minimum absolute atomic E-state index is 0.259. The first-order valence-corrected chi connectivity index (χ1v) is 6.18. The van der Waals surface area contributed by atoms with E-state index in [1.54, 1.807) is 12.1 Å². The Hall–Kier alpha value is -1.84. The molecule has 1 aromatic heterocycles. The summed E-state index contributed by atoms with van der Waals surface area (Å²) in [5.74, 6) is 1.06. The third kappa shape index (κ3) is 1.88. The zero-order chi connectivity index (χ0) is 12.7. The number of hydrogen-bond donors (Lipinski definition) is 1. The summed E-state index contributed by atoms with van der Waals surface area (Å²) in [7, 11) is 0. The molecule has 3 nitrogen and oxygen atoms in total. The number of halogens is 1. The number of benzene rings is 1. The lowest BCUT2D eigenvalue weighted by molar-refractivity contribution is 0.417. The molecular weight excluding hydrogens is 231 g/mol. The fourth-order valence-electron chi connectivity index (χ4n) is 2.35. The van der Waals surface area contributed by atoms with Crippen LogP contribution in [-0.4, -0.2) is 5.16 Å². The lowest BCUT2D eigenvalue weighted by Gasteiger charge is -2.08. The van der Waals surface area contributed by atoms with Gasteiger partial charge in [0.15, 0.2) is 0 Å². The summed E-state index contributed by atoms with van der Waals surface area (Å²) in [6, 6.07) is 6.27. The summed E-state index contributed by atoms with van der Waals surface area (Å²) < 4.78 is 18.1. The van der Waals surface area contributed by atoms with Crippen molar-refractivity contribution in [2.24, 2.45) is 5.92 Å². The van der Waals surface area contributed by atoms with Gasteiger partial charge in [-0.1, -0.05) is 24.2 Å². The van der Waals surface area contributed by atoms with E-state index in [4.69, 9.17) is 10.3 Å². The van der Waals surface area contributed by atoms with Gasteiger partial charge in [-0.3, -0.25) is 0 Å². The first-order valence-electron chi connectivity index (χ1n) is 6.18. The molecule has 2 aromatic rings. The molecule has 1 fully saturated rings. The lowest BCUT2D eigenvalue weighted by atomic mass is 9.95. The van der Waals surface area contributed by atoms with Gasteiger partial charge in [0.05, 0.1) is 11.3 Å². The van der Waals surface area contributed by atoms with Gasteiger partial charge in [-0.25, -0.2) is 4.39 Å². The molecule has 1 heterocycles. The molecule has 1 unspecified atom stereocenters. The van der Waals surface area contributed by atoms with Crippen molar-refractivity contribution in [2.75, 3.05) is 5.73 Å². The largest absolute Gasteiger partial charge is 0.367 e. The summed E-state index contributed by atoms with van der Waals surface area (Å²) in [6.07, 6.45) is 2.47. The van der Waals surface area contributed by atoms with E-state index in [1.807, 2.05) is 0 Å². The number of hydrogen-bond acceptors (Lipinski definition) is 3. The highest BCUT2D eigenvalue weighted by atomic mass is 19.1. The number of aromatic nitrogens is 1. The van der Waals surface area contributed by atoms with E-state index in [2.05, 4.69) is 12.1 Å². The van der Waals surface area contributed by atoms with Gasteiger partial charge in [-0.2, -0.15) is 0 Å². The molecule has 2 N–H and O–H groups in total. The van der Waals surface area contributed by atoms with Crippen LogP contribution in [0.3, 0.4) is 0 Å². The number of nitrogen functional groups attached to an aromatic ring is 1. The van der Waals surface area contributed by atoms with Gasteiger partial charge in [0, 0.05) is 5.92 Å². The highest BCUT2D eigenvalue weighted by Gasteiger charge is 2.33. The third-order valence-corrected chi connectivity index (χ3v) is 3.64. The average Bonchev–Trinajstić information content (AvgIpc) is 3.14. The van der Waals surface area contributed by atoms with Gasteiger partial charge in [0.1, 0.15) is 5.82 Å². The van der Waals surface area contributed by atoms with Crippen LogP contribution in [0, 0.1) is 11.7 Å². The van der Waals surface area contributed by atoms with Crippen LogP contribution in [0.4, 0.5) is 10.3 Å². The second-order valence-electron chi connectivity index (χ2n) is 4.94. The molecule has 1 aliphatic carbocycles. The highest BCUT2D eigenvalue weighted by Crippen LogP contribution is 2.45. The number of nitrogens with zero attached hydrogens (tertiary/aromatic N) is 1. The van der Waals surface area contributed by atoms with Crippen LogP contribution in [0.2, 0.25) is 0 Å². The highest BCUT2D eigenvalue weighted by molar-refractivity contribution is 5.75. The Kier molecular flexibility index (Phi) is 2.58. The molecule has 1 aliphatic rings. The molecule has 0 amide bonds.